The highest BCUT2D eigenvalue weighted by molar-refractivity contribution is 5.42. The van der Waals surface area contributed by atoms with Crippen molar-refractivity contribution in [2.45, 2.75) is 32.8 Å². The highest BCUT2D eigenvalue weighted by atomic mass is 16.6. The SMILES string of the molecule is CC(O)N(Cc1cc([N+](=O)[O-])ccc1O)C(C)O. The Kier molecular flexibility index (Phi) is 4.60. The molecule has 7 nitrogen and oxygen atoms in total. The van der Waals surface area contributed by atoms with Gasteiger partial charge in [-0.25, -0.2) is 4.90 Å². The number of aromatic hydroxyl groups is 1. The van der Waals surface area contributed by atoms with Gasteiger partial charge in [0.25, 0.3) is 5.69 Å². The molecule has 100 valence electrons. The lowest BCUT2D eigenvalue weighted by Gasteiger charge is -2.28. The number of aliphatic hydroxyl groups excluding tert-OH is 2. The molecular formula is C11H16N2O5. The molecule has 0 aliphatic carbocycles. The number of benzene rings is 1. The fourth-order valence-electron chi connectivity index (χ4n) is 1.59. The van der Waals surface area contributed by atoms with Gasteiger partial charge in [-0.3, -0.25) is 10.1 Å². The number of rotatable bonds is 5. The Morgan fingerprint density at radius 3 is 2.33 bits per heavy atom. The molecule has 2 unspecified atom stereocenters. The summed E-state index contributed by atoms with van der Waals surface area (Å²) in [4.78, 5) is 11.3. The molecule has 0 fully saturated rings. The molecule has 1 rings (SSSR count). The predicted molar refractivity (Wildman–Crippen MR) is 63.7 cm³/mol. The maximum atomic E-state index is 10.6. The first kappa shape index (κ1) is 14.4. The van der Waals surface area contributed by atoms with Crippen molar-refractivity contribution in [2.75, 3.05) is 0 Å². The lowest BCUT2D eigenvalue weighted by molar-refractivity contribution is -0.385. The van der Waals surface area contributed by atoms with Gasteiger partial charge in [-0.05, 0) is 19.9 Å². The van der Waals surface area contributed by atoms with Crippen LogP contribution < -0.4 is 0 Å². The summed E-state index contributed by atoms with van der Waals surface area (Å²) < 4.78 is 0. The topological polar surface area (TPSA) is 107 Å². The van der Waals surface area contributed by atoms with Crippen molar-refractivity contribution >= 4 is 5.69 Å². The molecule has 1 aromatic rings. The van der Waals surface area contributed by atoms with Crippen molar-refractivity contribution in [2.24, 2.45) is 0 Å². The highest BCUT2D eigenvalue weighted by Crippen LogP contribution is 2.25. The van der Waals surface area contributed by atoms with Crippen LogP contribution in [0.15, 0.2) is 18.2 Å². The zero-order chi connectivity index (χ0) is 13.9. The first-order valence-electron chi connectivity index (χ1n) is 5.41. The molecule has 0 saturated heterocycles. The number of aliphatic hydroxyl groups is 2. The van der Waals surface area contributed by atoms with Crippen molar-refractivity contribution in [3.05, 3.63) is 33.9 Å². The van der Waals surface area contributed by atoms with E-state index < -0.39 is 17.4 Å². The van der Waals surface area contributed by atoms with Gasteiger partial charge in [-0.2, -0.15) is 0 Å². The van der Waals surface area contributed by atoms with Crippen molar-refractivity contribution < 1.29 is 20.2 Å². The van der Waals surface area contributed by atoms with Crippen molar-refractivity contribution in [3.8, 4) is 5.75 Å². The van der Waals surface area contributed by atoms with E-state index in [1.165, 1.54) is 36.9 Å². The molecule has 7 heteroatoms. The molecule has 0 saturated carbocycles. The van der Waals surface area contributed by atoms with Crippen LogP contribution in [0.1, 0.15) is 19.4 Å². The Morgan fingerprint density at radius 2 is 1.89 bits per heavy atom. The van der Waals surface area contributed by atoms with E-state index in [4.69, 9.17) is 0 Å². The lowest BCUT2D eigenvalue weighted by Crippen LogP contribution is -2.39. The van der Waals surface area contributed by atoms with Gasteiger partial charge in [-0.1, -0.05) is 0 Å². The molecule has 0 amide bonds. The molecule has 0 aliphatic rings. The second kappa shape index (κ2) is 5.76. The summed E-state index contributed by atoms with van der Waals surface area (Å²) in [5.74, 6) is -0.119. The molecule has 3 N–H and O–H groups in total. The Hall–Kier alpha value is -1.70. The van der Waals surface area contributed by atoms with Crippen molar-refractivity contribution in [3.63, 3.8) is 0 Å². The van der Waals surface area contributed by atoms with Crippen molar-refractivity contribution in [1.82, 2.24) is 4.90 Å². The minimum atomic E-state index is -0.941. The van der Waals surface area contributed by atoms with Crippen LogP contribution in [0.25, 0.3) is 0 Å². The number of nitro groups is 1. The molecule has 0 aliphatic heterocycles. The van der Waals surface area contributed by atoms with Crippen LogP contribution >= 0.6 is 0 Å². The number of nitro benzene ring substituents is 1. The first-order valence-corrected chi connectivity index (χ1v) is 5.41. The van der Waals surface area contributed by atoms with E-state index in [1.54, 1.807) is 0 Å². The number of hydrogen-bond acceptors (Lipinski definition) is 6. The van der Waals surface area contributed by atoms with Crippen LogP contribution in [0.4, 0.5) is 5.69 Å². The van der Waals surface area contributed by atoms with Gasteiger partial charge in [-0.15, -0.1) is 0 Å². The third-order valence-electron chi connectivity index (χ3n) is 2.59. The molecule has 18 heavy (non-hydrogen) atoms. The van der Waals surface area contributed by atoms with Crippen LogP contribution in [0.3, 0.4) is 0 Å². The zero-order valence-corrected chi connectivity index (χ0v) is 10.1. The minimum absolute atomic E-state index is 0.00282. The third kappa shape index (κ3) is 3.39. The van der Waals surface area contributed by atoms with Crippen LogP contribution in [-0.2, 0) is 6.54 Å². The average molecular weight is 256 g/mol. The standard InChI is InChI=1S/C11H16N2O5/c1-7(14)12(8(2)15)6-9-5-10(13(17)18)3-4-11(9)16/h3-5,7-8,14-16H,6H2,1-2H3. The van der Waals surface area contributed by atoms with E-state index in [2.05, 4.69) is 0 Å². The van der Waals surface area contributed by atoms with Crippen LogP contribution in [0, 0.1) is 10.1 Å². The Labute approximate surface area is 104 Å². The summed E-state index contributed by atoms with van der Waals surface area (Å²) in [6, 6.07) is 3.62. The van der Waals surface area contributed by atoms with Gasteiger partial charge in [0, 0.05) is 24.2 Å². The third-order valence-corrected chi connectivity index (χ3v) is 2.59. The molecule has 0 spiro atoms. The number of non-ortho nitro benzene ring substituents is 1. The average Bonchev–Trinajstić information content (AvgIpc) is 2.26. The summed E-state index contributed by atoms with van der Waals surface area (Å²) in [5, 5.41) is 39.2. The quantitative estimate of drug-likeness (QED) is 0.408. The summed E-state index contributed by atoms with van der Waals surface area (Å²) >= 11 is 0. The largest absolute Gasteiger partial charge is 0.508 e. The van der Waals surface area contributed by atoms with Gasteiger partial charge >= 0.3 is 0 Å². The zero-order valence-electron chi connectivity index (χ0n) is 10.1. The van der Waals surface area contributed by atoms with E-state index in [0.29, 0.717) is 0 Å². The van der Waals surface area contributed by atoms with Crippen LogP contribution in [-0.4, -0.2) is 37.6 Å². The van der Waals surface area contributed by atoms with E-state index in [1.807, 2.05) is 0 Å². The molecule has 0 bridgehead atoms. The molecule has 2 atom stereocenters. The molecular weight excluding hydrogens is 240 g/mol. The van der Waals surface area contributed by atoms with Gasteiger partial charge in [0.1, 0.15) is 18.2 Å². The molecule has 0 aromatic heterocycles. The summed E-state index contributed by atoms with van der Waals surface area (Å²) in [7, 11) is 0. The monoisotopic (exact) mass is 256 g/mol. The van der Waals surface area contributed by atoms with E-state index in [0.717, 1.165) is 0 Å². The first-order chi connectivity index (χ1) is 8.32. The van der Waals surface area contributed by atoms with Gasteiger partial charge in [0.15, 0.2) is 0 Å². The second-order valence-electron chi connectivity index (χ2n) is 4.01. The number of phenols is 1. The molecule has 0 radical (unpaired) electrons. The van der Waals surface area contributed by atoms with E-state index in [9.17, 15) is 25.4 Å². The van der Waals surface area contributed by atoms with Gasteiger partial charge in [0.05, 0.1) is 4.92 Å². The molecule has 1 aromatic carbocycles. The lowest BCUT2D eigenvalue weighted by atomic mass is 10.1. The minimum Gasteiger partial charge on any atom is -0.508 e. The fourth-order valence-corrected chi connectivity index (χ4v) is 1.59. The van der Waals surface area contributed by atoms with Crippen LogP contribution in [0.2, 0.25) is 0 Å². The summed E-state index contributed by atoms with van der Waals surface area (Å²) in [5.41, 5.74) is 0.116. The van der Waals surface area contributed by atoms with Crippen molar-refractivity contribution in [1.29, 1.82) is 0 Å². The Morgan fingerprint density at radius 1 is 1.33 bits per heavy atom. The normalized spacial score (nSPS) is 14.5. The highest BCUT2D eigenvalue weighted by Gasteiger charge is 2.19. The summed E-state index contributed by atoms with van der Waals surface area (Å²) in [6.07, 6.45) is -1.88. The molecule has 0 heterocycles. The maximum Gasteiger partial charge on any atom is 0.270 e. The predicted octanol–water partition coefficient (Wildman–Crippen LogP) is 0.779. The van der Waals surface area contributed by atoms with Crippen LogP contribution in [0.5, 0.6) is 5.75 Å². The summed E-state index contributed by atoms with van der Waals surface area (Å²) in [6.45, 7) is 2.92. The second-order valence-corrected chi connectivity index (χ2v) is 4.01. The van der Waals surface area contributed by atoms with E-state index in [-0.39, 0.29) is 23.5 Å². The maximum absolute atomic E-state index is 10.6. The number of phenolic OH excluding ortho intramolecular Hbond substituents is 1. The van der Waals surface area contributed by atoms with Gasteiger partial charge in [0.2, 0.25) is 0 Å². The fraction of sp³-hybridized carbons (Fsp3) is 0.455. The van der Waals surface area contributed by atoms with Gasteiger partial charge < -0.3 is 15.3 Å². The van der Waals surface area contributed by atoms with E-state index >= 15 is 0 Å². The number of hydrogen-bond donors (Lipinski definition) is 3. The smallest absolute Gasteiger partial charge is 0.270 e. The number of nitrogens with zero attached hydrogens (tertiary/aromatic N) is 2. The Balaban J connectivity index is 3.01. The Bertz CT molecular complexity index is 425.